The highest BCUT2D eigenvalue weighted by molar-refractivity contribution is 7.99. The molecule has 1 nitrogen and oxygen atoms in total. The fraction of sp³-hybridized carbons (Fsp3) is 0.400. The zero-order valence-electron chi connectivity index (χ0n) is 7.84. The van der Waals surface area contributed by atoms with E-state index >= 15 is 0 Å². The molecule has 0 fully saturated rings. The average molecular weight is 235 g/mol. The molecule has 0 aliphatic carbocycles. The van der Waals surface area contributed by atoms with Crippen LogP contribution >= 0.6 is 23.4 Å². The third kappa shape index (κ3) is 3.48. The lowest BCUT2D eigenvalue weighted by Gasteiger charge is -2.08. The Morgan fingerprint density at radius 3 is 2.93 bits per heavy atom. The SMILES string of the molecule is CC(CO)SCc1cc(Cl)ccc1F. The Kier molecular flexibility index (Phi) is 4.72. The number of hydrogen-bond donors (Lipinski definition) is 1. The normalized spacial score (nSPS) is 12.9. The van der Waals surface area contributed by atoms with Gasteiger partial charge in [-0.05, 0) is 23.8 Å². The maximum Gasteiger partial charge on any atom is 0.127 e. The van der Waals surface area contributed by atoms with Gasteiger partial charge in [-0.2, -0.15) is 11.8 Å². The minimum atomic E-state index is -0.243. The first kappa shape index (κ1) is 11.8. The van der Waals surface area contributed by atoms with Crippen LogP contribution in [0, 0.1) is 5.82 Å². The molecule has 0 bridgehead atoms. The van der Waals surface area contributed by atoms with Gasteiger partial charge in [0.2, 0.25) is 0 Å². The lowest BCUT2D eigenvalue weighted by atomic mass is 10.2. The molecule has 0 saturated heterocycles. The second-order valence-electron chi connectivity index (χ2n) is 3.04. The predicted octanol–water partition coefficient (Wildman–Crippen LogP) is 3.09. The summed E-state index contributed by atoms with van der Waals surface area (Å²) in [7, 11) is 0. The summed E-state index contributed by atoms with van der Waals surface area (Å²) in [6.07, 6.45) is 0. The van der Waals surface area contributed by atoms with Gasteiger partial charge in [-0.15, -0.1) is 0 Å². The molecule has 0 saturated carbocycles. The number of halogens is 2. The lowest BCUT2D eigenvalue weighted by Crippen LogP contribution is -2.02. The summed E-state index contributed by atoms with van der Waals surface area (Å²) in [6.45, 7) is 2.00. The second kappa shape index (κ2) is 5.59. The molecule has 1 rings (SSSR count). The highest BCUT2D eigenvalue weighted by Crippen LogP contribution is 2.22. The minimum absolute atomic E-state index is 0.104. The van der Waals surface area contributed by atoms with Gasteiger partial charge >= 0.3 is 0 Å². The molecule has 0 aromatic heterocycles. The van der Waals surface area contributed by atoms with Crippen molar-refractivity contribution < 1.29 is 9.50 Å². The van der Waals surface area contributed by atoms with Crippen molar-refractivity contribution in [2.24, 2.45) is 0 Å². The summed E-state index contributed by atoms with van der Waals surface area (Å²) in [6, 6.07) is 4.51. The van der Waals surface area contributed by atoms with Gasteiger partial charge in [0.1, 0.15) is 5.82 Å². The molecule has 0 spiro atoms. The molecule has 78 valence electrons. The van der Waals surface area contributed by atoms with E-state index in [-0.39, 0.29) is 17.7 Å². The minimum Gasteiger partial charge on any atom is -0.395 e. The third-order valence-electron chi connectivity index (χ3n) is 1.79. The van der Waals surface area contributed by atoms with Gasteiger partial charge in [0.05, 0.1) is 6.61 Å². The number of thioether (sulfide) groups is 1. The van der Waals surface area contributed by atoms with Gasteiger partial charge < -0.3 is 5.11 Å². The van der Waals surface area contributed by atoms with Crippen molar-refractivity contribution >= 4 is 23.4 Å². The van der Waals surface area contributed by atoms with Crippen molar-refractivity contribution in [3.63, 3.8) is 0 Å². The van der Waals surface area contributed by atoms with Crippen LogP contribution in [0.4, 0.5) is 4.39 Å². The fourth-order valence-corrected chi connectivity index (χ4v) is 1.92. The molecule has 4 heteroatoms. The highest BCUT2D eigenvalue weighted by atomic mass is 35.5. The van der Waals surface area contributed by atoms with E-state index in [0.29, 0.717) is 16.3 Å². The molecular weight excluding hydrogens is 223 g/mol. The van der Waals surface area contributed by atoms with Crippen molar-refractivity contribution in [3.05, 3.63) is 34.6 Å². The van der Waals surface area contributed by atoms with E-state index in [1.807, 2.05) is 6.92 Å². The van der Waals surface area contributed by atoms with Crippen LogP contribution in [-0.4, -0.2) is 17.0 Å². The number of benzene rings is 1. The Labute approximate surface area is 92.3 Å². The summed E-state index contributed by atoms with van der Waals surface area (Å²) >= 11 is 7.24. The standard InChI is InChI=1S/C10H12ClFOS/c1-7(5-13)14-6-8-4-9(11)2-3-10(8)12/h2-4,7,13H,5-6H2,1H3. The second-order valence-corrected chi connectivity index (χ2v) is 4.90. The van der Waals surface area contributed by atoms with Crippen molar-refractivity contribution in [2.45, 2.75) is 17.9 Å². The molecule has 1 aromatic rings. The lowest BCUT2D eigenvalue weighted by molar-refractivity contribution is 0.300. The molecule has 1 aromatic carbocycles. The van der Waals surface area contributed by atoms with Gasteiger partial charge in [-0.3, -0.25) is 0 Å². The quantitative estimate of drug-likeness (QED) is 0.864. The first-order chi connectivity index (χ1) is 6.63. The molecule has 1 atom stereocenters. The number of aliphatic hydroxyl groups excluding tert-OH is 1. The average Bonchev–Trinajstić information content (AvgIpc) is 2.19. The van der Waals surface area contributed by atoms with E-state index in [0.717, 1.165) is 0 Å². The smallest absolute Gasteiger partial charge is 0.127 e. The van der Waals surface area contributed by atoms with Crippen LogP contribution in [0.3, 0.4) is 0 Å². The Morgan fingerprint density at radius 1 is 1.57 bits per heavy atom. The number of hydrogen-bond acceptors (Lipinski definition) is 2. The van der Waals surface area contributed by atoms with Crippen molar-refractivity contribution in [3.8, 4) is 0 Å². The summed E-state index contributed by atoms with van der Waals surface area (Å²) in [5.41, 5.74) is 0.586. The van der Waals surface area contributed by atoms with Crippen LogP contribution in [0.2, 0.25) is 5.02 Å². The monoisotopic (exact) mass is 234 g/mol. The van der Waals surface area contributed by atoms with Crippen LogP contribution in [-0.2, 0) is 5.75 Å². The highest BCUT2D eigenvalue weighted by Gasteiger charge is 2.06. The molecule has 0 radical (unpaired) electrons. The molecular formula is C10H12ClFOS. The Morgan fingerprint density at radius 2 is 2.29 bits per heavy atom. The number of rotatable bonds is 4. The molecule has 1 unspecified atom stereocenters. The largest absolute Gasteiger partial charge is 0.395 e. The molecule has 0 aliphatic rings. The van der Waals surface area contributed by atoms with Crippen molar-refractivity contribution in [1.29, 1.82) is 0 Å². The summed E-state index contributed by atoms with van der Waals surface area (Å²) in [5, 5.41) is 9.46. The van der Waals surface area contributed by atoms with Crippen molar-refractivity contribution in [1.82, 2.24) is 0 Å². The molecule has 0 aliphatic heterocycles. The molecule has 1 N–H and O–H groups in total. The predicted molar refractivity (Wildman–Crippen MR) is 59.3 cm³/mol. The Balaban J connectivity index is 2.62. The van der Waals surface area contributed by atoms with Crippen LogP contribution in [0.25, 0.3) is 0 Å². The molecule has 0 heterocycles. The maximum absolute atomic E-state index is 13.2. The van der Waals surface area contributed by atoms with Crippen LogP contribution < -0.4 is 0 Å². The van der Waals surface area contributed by atoms with E-state index in [2.05, 4.69) is 0 Å². The fourth-order valence-electron chi connectivity index (χ4n) is 0.939. The van der Waals surface area contributed by atoms with Gasteiger partial charge in [-0.1, -0.05) is 18.5 Å². The topological polar surface area (TPSA) is 20.2 Å². The summed E-state index contributed by atoms with van der Waals surface area (Å²) in [5.74, 6) is 0.292. The van der Waals surface area contributed by atoms with Gasteiger partial charge in [0, 0.05) is 16.0 Å². The zero-order valence-corrected chi connectivity index (χ0v) is 9.41. The van der Waals surface area contributed by atoms with Crippen LogP contribution in [0.5, 0.6) is 0 Å². The van der Waals surface area contributed by atoms with Gasteiger partial charge in [-0.25, -0.2) is 4.39 Å². The maximum atomic E-state index is 13.2. The van der Waals surface area contributed by atoms with Gasteiger partial charge in [0.25, 0.3) is 0 Å². The van der Waals surface area contributed by atoms with E-state index in [1.165, 1.54) is 23.9 Å². The van der Waals surface area contributed by atoms with E-state index in [1.54, 1.807) is 6.07 Å². The van der Waals surface area contributed by atoms with Crippen LogP contribution in [0.1, 0.15) is 12.5 Å². The number of aliphatic hydroxyl groups is 1. The third-order valence-corrected chi connectivity index (χ3v) is 3.22. The molecule has 0 amide bonds. The van der Waals surface area contributed by atoms with Crippen LogP contribution in [0.15, 0.2) is 18.2 Å². The summed E-state index contributed by atoms with van der Waals surface area (Å²) in [4.78, 5) is 0. The first-order valence-electron chi connectivity index (χ1n) is 4.30. The Bertz CT molecular complexity index is 306. The van der Waals surface area contributed by atoms with E-state index in [4.69, 9.17) is 16.7 Å². The zero-order chi connectivity index (χ0) is 10.6. The summed E-state index contributed by atoms with van der Waals surface area (Å²) < 4.78 is 13.2. The van der Waals surface area contributed by atoms with E-state index < -0.39 is 0 Å². The molecule has 14 heavy (non-hydrogen) atoms. The van der Waals surface area contributed by atoms with E-state index in [9.17, 15) is 4.39 Å². The van der Waals surface area contributed by atoms with Crippen molar-refractivity contribution in [2.75, 3.05) is 6.61 Å². The first-order valence-corrected chi connectivity index (χ1v) is 5.72. The van der Waals surface area contributed by atoms with Gasteiger partial charge in [0.15, 0.2) is 0 Å². The Hall–Kier alpha value is -0.250.